The van der Waals surface area contributed by atoms with Crippen molar-refractivity contribution in [1.82, 2.24) is 15.0 Å². The third kappa shape index (κ3) is 4.68. The highest BCUT2D eigenvalue weighted by Gasteiger charge is 2.23. The summed E-state index contributed by atoms with van der Waals surface area (Å²) in [6.07, 6.45) is 1.70. The lowest BCUT2D eigenvalue weighted by molar-refractivity contribution is 0.0651. The minimum atomic E-state index is 0.0227. The summed E-state index contributed by atoms with van der Waals surface area (Å²) in [4.78, 5) is 19.1. The van der Waals surface area contributed by atoms with Gasteiger partial charge in [-0.2, -0.15) is 4.98 Å². The van der Waals surface area contributed by atoms with Gasteiger partial charge >= 0.3 is 0 Å². The number of nitrogens with one attached hydrogen (secondary N) is 1. The zero-order valence-corrected chi connectivity index (χ0v) is 17.0. The Morgan fingerprint density at radius 2 is 2.00 bits per heavy atom. The first-order chi connectivity index (χ1) is 14.6. The van der Waals surface area contributed by atoms with Crippen molar-refractivity contribution >= 4 is 11.6 Å². The van der Waals surface area contributed by atoms with Gasteiger partial charge in [0.25, 0.3) is 5.91 Å². The maximum absolute atomic E-state index is 12.8. The molecule has 1 saturated heterocycles. The third-order valence-corrected chi connectivity index (χ3v) is 5.46. The van der Waals surface area contributed by atoms with Crippen molar-refractivity contribution < 1.29 is 14.4 Å². The second-order valence-corrected chi connectivity index (χ2v) is 7.73. The van der Waals surface area contributed by atoms with Gasteiger partial charge in [0.2, 0.25) is 11.7 Å². The first-order valence-corrected chi connectivity index (χ1v) is 10.3. The Balaban J connectivity index is 1.38. The van der Waals surface area contributed by atoms with Crippen LogP contribution in [0.5, 0.6) is 0 Å². The third-order valence-electron chi connectivity index (χ3n) is 5.46. The normalized spacial score (nSPS) is 14.7. The Labute approximate surface area is 175 Å². The molecule has 2 N–H and O–H groups in total. The van der Waals surface area contributed by atoms with Crippen molar-refractivity contribution in [1.29, 1.82) is 0 Å². The number of rotatable bonds is 6. The van der Waals surface area contributed by atoms with Gasteiger partial charge in [0.1, 0.15) is 0 Å². The van der Waals surface area contributed by atoms with Gasteiger partial charge in [0, 0.05) is 36.5 Å². The number of nitrogens with zero attached hydrogens (tertiary/aromatic N) is 3. The Hall–Kier alpha value is -3.19. The number of anilines is 1. The van der Waals surface area contributed by atoms with Crippen LogP contribution in [0.3, 0.4) is 0 Å². The van der Waals surface area contributed by atoms with Crippen molar-refractivity contribution in [3.05, 3.63) is 65.5 Å². The molecule has 0 atom stereocenters. The van der Waals surface area contributed by atoms with Gasteiger partial charge in [-0.3, -0.25) is 4.79 Å². The van der Waals surface area contributed by atoms with Gasteiger partial charge in [-0.25, -0.2) is 0 Å². The monoisotopic (exact) mass is 406 g/mol. The maximum Gasteiger partial charge on any atom is 0.253 e. The molecule has 0 aliphatic carbocycles. The molecule has 156 valence electrons. The van der Waals surface area contributed by atoms with Crippen LogP contribution in [-0.4, -0.2) is 45.8 Å². The molecule has 1 amide bonds. The van der Waals surface area contributed by atoms with Crippen LogP contribution in [0, 0.1) is 12.8 Å². The fourth-order valence-corrected chi connectivity index (χ4v) is 3.67. The van der Waals surface area contributed by atoms with Crippen molar-refractivity contribution in [2.45, 2.75) is 26.3 Å². The zero-order valence-electron chi connectivity index (χ0n) is 17.0. The molecule has 0 spiro atoms. The average Bonchev–Trinajstić information content (AvgIpc) is 3.27. The highest BCUT2D eigenvalue weighted by Crippen LogP contribution is 2.21. The number of aliphatic hydroxyl groups is 1. The van der Waals surface area contributed by atoms with Crippen LogP contribution in [0.15, 0.2) is 53.1 Å². The van der Waals surface area contributed by atoms with Crippen molar-refractivity contribution in [2.24, 2.45) is 5.92 Å². The molecule has 1 aliphatic rings. The summed E-state index contributed by atoms with van der Waals surface area (Å²) < 4.78 is 5.35. The van der Waals surface area contributed by atoms with E-state index >= 15 is 0 Å². The lowest BCUT2D eigenvalue weighted by Crippen LogP contribution is -2.39. The number of hydrogen-bond acceptors (Lipinski definition) is 6. The summed E-state index contributed by atoms with van der Waals surface area (Å²) in [6, 6.07) is 15.4. The molecule has 3 aromatic rings. The number of aromatic nitrogens is 2. The molecule has 2 aromatic carbocycles. The number of aryl methyl sites for hydroxylation is 1. The van der Waals surface area contributed by atoms with Gasteiger partial charge in [0.15, 0.2) is 0 Å². The summed E-state index contributed by atoms with van der Waals surface area (Å²) in [5.74, 6) is 1.37. The van der Waals surface area contributed by atoms with E-state index in [-0.39, 0.29) is 12.5 Å². The van der Waals surface area contributed by atoms with Crippen LogP contribution < -0.4 is 5.32 Å². The Morgan fingerprint density at radius 1 is 1.20 bits per heavy atom. The number of benzene rings is 2. The fourth-order valence-electron chi connectivity index (χ4n) is 3.67. The minimum Gasteiger partial charge on any atom is -0.396 e. The number of hydrogen-bond donors (Lipinski definition) is 2. The highest BCUT2D eigenvalue weighted by molar-refractivity contribution is 5.95. The Morgan fingerprint density at radius 3 is 2.77 bits per heavy atom. The SMILES string of the molecule is Cc1cccc(-c2noc(CNc3cccc(C(=O)N4CCC(CO)CC4)c3)n2)c1. The van der Waals surface area contributed by atoms with E-state index in [1.807, 2.05) is 60.4 Å². The van der Waals surface area contributed by atoms with E-state index in [9.17, 15) is 9.90 Å². The quantitative estimate of drug-likeness (QED) is 0.651. The van der Waals surface area contributed by atoms with Crippen LogP contribution in [0.4, 0.5) is 5.69 Å². The van der Waals surface area contributed by atoms with Gasteiger partial charge in [-0.1, -0.05) is 35.0 Å². The molecular weight excluding hydrogens is 380 g/mol. The lowest BCUT2D eigenvalue weighted by Gasteiger charge is -2.31. The van der Waals surface area contributed by atoms with Gasteiger partial charge < -0.3 is 19.8 Å². The Bertz CT molecular complexity index is 1010. The zero-order chi connectivity index (χ0) is 20.9. The first kappa shape index (κ1) is 20.1. The molecule has 1 aromatic heterocycles. The van der Waals surface area contributed by atoms with Crippen LogP contribution in [0.25, 0.3) is 11.4 Å². The van der Waals surface area contributed by atoms with Gasteiger partial charge in [0.05, 0.1) is 6.54 Å². The van der Waals surface area contributed by atoms with Gasteiger partial charge in [-0.15, -0.1) is 0 Å². The molecule has 1 aliphatic heterocycles. The predicted octanol–water partition coefficient (Wildman–Crippen LogP) is 3.50. The average molecular weight is 406 g/mol. The van der Waals surface area contributed by atoms with E-state index in [2.05, 4.69) is 15.5 Å². The molecule has 0 unspecified atom stereocenters. The number of amides is 1. The Kier molecular flexibility index (Phi) is 6.09. The maximum atomic E-state index is 12.8. The molecule has 0 saturated carbocycles. The summed E-state index contributed by atoms with van der Waals surface area (Å²) in [5.41, 5.74) is 3.52. The van der Waals surface area contributed by atoms with E-state index in [0.29, 0.717) is 42.8 Å². The molecule has 0 bridgehead atoms. The molecule has 4 rings (SSSR count). The fraction of sp³-hybridized carbons (Fsp3) is 0.348. The predicted molar refractivity (Wildman–Crippen MR) is 114 cm³/mol. The van der Waals surface area contributed by atoms with E-state index in [1.165, 1.54) is 0 Å². The topological polar surface area (TPSA) is 91.5 Å². The second-order valence-electron chi connectivity index (χ2n) is 7.73. The van der Waals surface area contributed by atoms with E-state index in [4.69, 9.17) is 4.52 Å². The lowest BCUT2D eigenvalue weighted by atomic mass is 9.97. The summed E-state index contributed by atoms with van der Waals surface area (Å²) in [7, 11) is 0. The molecule has 2 heterocycles. The molecule has 30 heavy (non-hydrogen) atoms. The molecule has 1 fully saturated rings. The number of likely N-dealkylation sites (tertiary alicyclic amines) is 1. The number of piperidine rings is 1. The summed E-state index contributed by atoms with van der Waals surface area (Å²) in [6.45, 7) is 3.97. The second kappa shape index (κ2) is 9.09. The summed E-state index contributed by atoms with van der Waals surface area (Å²) >= 11 is 0. The van der Waals surface area contributed by atoms with Crippen LogP contribution in [-0.2, 0) is 6.54 Å². The first-order valence-electron chi connectivity index (χ1n) is 10.3. The van der Waals surface area contributed by atoms with E-state index in [1.54, 1.807) is 0 Å². The molecular formula is C23H26N4O3. The van der Waals surface area contributed by atoms with Crippen LogP contribution >= 0.6 is 0 Å². The highest BCUT2D eigenvalue weighted by atomic mass is 16.5. The molecule has 7 heteroatoms. The van der Waals surface area contributed by atoms with Crippen molar-refractivity contribution in [2.75, 3.05) is 25.0 Å². The standard InChI is InChI=1S/C23H26N4O3/c1-16-4-2-5-18(12-16)22-25-21(30-26-22)14-24-20-7-3-6-19(13-20)23(29)27-10-8-17(15-28)9-11-27/h2-7,12-13,17,24,28H,8-11,14-15H2,1H3. The van der Waals surface area contributed by atoms with E-state index < -0.39 is 0 Å². The van der Waals surface area contributed by atoms with Crippen LogP contribution in [0.2, 0.25) is 0 Å². The number of carbonyl (C=O) groups is 1. The smallest absolute Gasteiger partial charge is 0.253 e. The largest absolute Gasteiger partial charge is 0.396 e. The van der Waals surface area contributed by atoms with Crippen molar-refractivity contribution in [3.63, 3.8) is 0 Å². The number of carbonyl (C=O) groups excluding carboxylic acids is 1. The van der Waals surface area contributed by atoms with Crippen LogP contribution in [0.1, 0.15) is 34.7 Å². The molecule has 0 radical (unpaired) electrons. The van der Waals surface area contributed by atoms with E-state index in [0.717, 1.165) is 29.7 Å². The number of aliphatic hydroxyl groups excluding tert-OH is 1. The minimum absolute atomic E-state index is 0.0227. The molecule has 7 nitrogen and oxygen atoms in total. The summed E-state index contributed by atoms with van der Waals surface area (Å²) in [5, 5.41) is 16.6. The van der Waals surface area contributed by atoms with Crippen molar-refractivity contribution in [3.8, 4) is 11.4 Å². The van der Waals surface area contributed by atoms with Gasteiger partial charge in [-0.05, 0) is 49.9 Å².